The van der Waals surface area contributed by atoms with Gasteiger partial charge in [0.1, 0.15) is 0 Å². The second-order valence-corrected chi connectivity index (χ2v) is 3.75. The molecule has 0 bridgehead atoms. The van der Waals surface area contributed by atoms with E-state index in [9.17, 15) is 4.79 Å². The first-order valence-electron chi connectivity index (χ1n) is 5.38. The average molecular weight is 201 g/mol. The van der Waals surface area contributed by atoms with Crippen molar-refractivity contribution in [2.45, 2.75) is 26.2 Å². The number of rotatable bonds is 2. The van der Waals surface area contributed by atoms with Crippen LogP contribution in [0.5, 0.6) is 0 Å². The molecule has 0 saturated carbocycles. The van der Waals surface area contributed by atoms with E-state index in [0.29, 0.717) is 6.42 Å². The Morgan fingerprint density at radius 2 is 1.93 bits per heavy atom. The zero-order valence-electron chi connectivity index (χ0n) is 8.92. The summed E-state index contributed by atoms with van der Waals surface area (Å²) in [5.74, 6) is 0.131. The lowest BCUT2D eigenvalue weighted by molar-refractivity contribution is -0.120. The third-order valence-corrected chi connectivity index (χ3v) is 2.76. The van der Waals surface area contributed by atoms with Gasteiger partial charge in [-0.25, -0.2) is 0 Å². The van der Waals surface area contributed by atoms with E-state index >= 15 is 0 Å². The molecule has 0 radical (unpaired) electrons. The number of benzene rings is 1. The van der Waals surface area contributed by atoms with Crippen molar-refractivity contribution < 1.29 is 4.79 Å². The summed E-state index contributed by atoms with van der Waals surface area (Å²) in [5.41, 5.74) is 3.48. The van der Waals surface area contributed by atoms with E-state index in [1.165, 1.54) is 5.57 Å². The Labute approximate surface area is 90.0 Å². The number of amides is 1. The van der Waals surface area contributed by atoms with Gasteiger partial charge in [-0.15, -0.1) is 0 Å². The molecule has 1 aliphatic heterocycles. The zero-order chi connectivity index (χ0) is 10.7. The quantitative estimate of drug-likeness (QED) is 0.783. The minimum atomic E-state index is 0.131. The molecule has 0 unspecified atom stereocenters. The molecule has 15 heavy (non-hydrogen) atoms. The van der Waals surface area contributed by atoms with Crippen LogP contribution in [0.25, 0.3) is 5.70 Å². The van der Waals surface area contributed by atoms with Crippen LogP contribution in [0.4, 0.5) is 0 Å². The van der Waals surface area contributed by atoms with Crippen LogP contribution in [0.15, 0.2) is 35.9 Å². The topological polar surface area (TPSA) is 29.1 Å². The SMILES string of the molecule is CCC1=C(c2ccccc2)NC(=O)CC1. The second-order valence-electron chi connectivity index (χ2n) is 3.75. The Hall–Kier alpha value is -1.57. The van der Waals surface area contributed by atoms with E-state index in [0.717, 1.165) is 24.1 Å². The third-order valence-electron chi connectivity index (χ3n) is 2.76. The Morgan fingerprint density at radius 3 is 2.60 bits per heavy atom. The molecule has 0 aromatic heterocycles. The standard InChI is InChI=1S/C13H15NO/c1-2-10-8-9-12(15)14-13(10)11-6-4-3-5-7-11/h3-7H,2,8-9H2,1H3,(H,14,15). The summed E-state index contributed by atoms with van der Waals surface area (Å²) in [6.45, 7) is 2.13. The fourth-order valence-corrected chi connectivity index (χ4v) is 1.91. The van der Waals surface area contributed by atoms with Crippen LogP contribution in [0, 0.1) is 0 Å². The van der Waals surface area contributed by atoms with Crippen molar-refractivity contribution in [2.75, 3.05) is 0 Å². The lowest BCUT2D eigenvalue weighted by atomic mass is 9.97. The van der Waals surface area contributed by atoms with Crippen LogP contribution in [-0.4, -0.2) is 5.91 Å². The summed E-state index contributed by atoms with van der Waals surface area (Å²) in [5, 5.41) is 2.97. The first-order valence-corrected chi connectivity index (χ1v) is 5.38. The summed E-state index contributed by atoms with van der Waals surface area (Å²) in [7, 11) is 0. The second kappa shape index (κ2) is 4.30. The first-order chi connectivity index (χ1) is 7.31. The molecule has 1 aliphatic rings. The molecule has 1 aromatic rings. The largest absolute Gasteiger partial charge is 0.326 e. The van der Waals surface area contributed by atoms with Gasteiger partial charge < -0.3 is 5.32 Å². The van der Waals surface area contributed by atoms with Crippen molar-refractivity contribution in [1.29, 1.82) is 0 Å². The van der Waals surface area contributed by atoms with Gasteiger partial charge >= 0.3 is 0 Å². The number of allylic oxidation sites excluding steroid dienone is 1. The lowest BCUT2D eigenvalue weighted by Crippen LogP contribution is -2.26. The molecule has 0 aliphatic carbocycles. The Morgan fingerprint density at radius 1 is 1.20 bits per heavy atom. The van der Waals surface area contributed by atoms with Gasteiger partial charge in [-0.05, 0) is 24.0 Å². The molecule has 2 nitrogen and oxygen atoms in total. The fourth-order valence-electron chi connectivity index (χ4n) is 1.91. The maximum Gasteiger partial charge on any atom is 0.224 e. The lowest BCUT2D eigenvalue weighted by Gasteiger charge is -2.20. The van der Waals surface area contributed by atoms with Crippen molar-refractivity contribution in [1.82, 2.24) is 5.32 Å². The molecule has 1 amide bonds. The maximum atomic E-state index is 11.4. The third kappa shape index (κ3) is 2.09. The molecule has 0 spiro atoms. The van der Waals surface area contributed by atoms with Gasteiger partial charge in [0.15, 0.2) is 0 Å². The number of hydrogen-bond acceptors (Lipinski definition) is 1. The predicted molar refractivity (Wildman–Crippen MR) is 61.0 cm³/mol. The van der Waals surface area contributed by atoms with Gasteiger partial charge in [0.05, 0.1) is 0 Å². The number of carbonyl (C=O) groups is 1. The molecular formula is C13H15NO. The molecule has 2 rings (SSSR count). The smallest absolute Gasteiger partial charge is 0.224 e. The van der Waals surface area contributed by atoms with Crippen LogP contribution in [0.3, 0.4) is 0 Å². The van der Waals surface area contributed by atoms with Crippen molar-refractivity contribution in [2.24, 2.45) is 0 Å². The van der Waals surface area contributed by atoms with Crippen LogP contribution < -0.4 is 5.32 Å². The van der Waals surface area contributed by atoms with Gasteiger partial charge in [0.2, 0.25) is 5.91 Å². The molecule has 1 aromatic carbocycles. The van der Waals surface area contributed by atoms with Gasteiger partial charge in [0.25, 0.3) is 0 Å². The van der Waals surface area contributed by atoms with Crippen LogP contribution in [-0.2, 0) is 4.79 Å². The highest BCUT2D eigenvalue weighted by Gasteiger charge is 2.17. The summed E-state index contributed by atoms with van der Waals surface area (Å²) < 4.78 is 0. The van der Waals surface area contributed by atoms with Crippen molar-refractivity contribution in [3.05, 3.63) is 41.5 Å². The van der Waals surface area contributed by atoms with Crippen LogP contribution in [0.1, 0.15) is 31.7 Å². The van der Waals surface area contributed by atoms with E-state index < -0.39 is 0 Å². The number of hydrogen-bond donors (Lipinski definition) is 1. The molecular weight excluding hydrogens is 186 g/mol. The Bertz CT molecular complexity index is 392. The zero-order valence-corrected chi connectivity index (χ0v) is 8.92. The van der Waals surface area contributed by atoms with Crippen LogP contribution >= 0.6 is 0 Å². The molecule has 78 valence electrons. The molecule has 1 heterocycles. The van der Waals surface area contributed by atoms with Gasteiger partial charge in [-0.3, -0.25) is 4.79 Å². The van der Waals surface area contributed by atoms with Crippen LogP contribution in [0.2, 0.25) is 0 Å². The van der Waals surface area contributed by atoms with E-state index in [1.807, 2.05) is 30.3 Å². The summed E-state index contributed by atoms with van der Waals surface area (Å²) >= 11 is 0. The van der Waals surface area contributed by atoms with Gasteiger partial charge in [-0.1, -0.05) is 37.3 Å². The average Bonchev–Trinajstić information content (AvgIpc) is 2.30. The first kappa shape index (κ1) is 9.97. The van der Waals surface area contributed by atoms with Crippen molar-refractivity contribution in [3.8, 4) is 0 Å². The minimum absolute atomic E-state index is 0.131. The highest BCUT2D eigenvalue weighted by molar-refractivity contribution is 5.90. The van der Waals surface area contributed by atoms with E-state index in [1.54, 1.807) is 0 Å². The fraction of sp³-hybridized carbons (Fsp3) is 0.308. The highest BCUT2D eigenvalue weighted by Crippen LogP contribution is 2.25. The van der Waals surface area contributed by atoms with E-state index in [2.05, 4.69) is 12.2 Å². The molecule has 0 atom stereocenters. The summed E-state index contributed by atoms with van der Waals surface area (Å²) in [4.78, 5) is 11.4. The highest BCUT2D eigenvalue weighted by atomic mass is 16.1. The Kier molecular flexibility index (Phi) is 2.86. The number of nitrogens with one attached hydrogen (secondary N) is 1. The predicted octanol–water partition coefficient (Wildman–Crippen LogP) is 2.72. The molecule has 0 fully saturated rings. The van der Waals surface area contributed by atoms with E-state index in [4.69, 9.17) is 0 Å². The molecule has 0 saturated heterocycles. The maximum absolute atomic E-state index is 11.4. The Balaban J connectivity index is 2.40. The van der Waals surface area contributed by atoms with Gasteiger partial charge in [0, 0.05) is 12.1 Å². The van der Waals surface area contributed by atoms with Crippen molar-refractivity contribution >= 4 is 11.6 Å². The minimum Gasteiger partial charge on any atom is -0.326 e. The summed E-state index contributed by atoms with van der Waals surface area (Å²) in [6.07, 6.45) is 2.52. The normalized spacial score (nSPS) is 16.5. The molecule has 2 heteroatoms. The molecule has 1 N–H and O–H groups in total. The van der Waals surface area contributed by atoms with E-state index in [-0.39, 0.29) is 5.91 Å². The number of carbonyl (C=O) groups excluding carboxylic acids is 1. The van der Waals surface area contributed by atoms with Crippen molar-refractivity contribution in [3.63, 3.8) is 0 Å². The monoisotopic (exact) mass is 201 g/mol. The van der Waals surface area contributed by atoms with Gasteiger partial charge in [-0.2, -0.15) is 0 Å². The summed E-state index contributed by atoms with van der Waals surface area (Å²) in [6, 6.07) is 10.1.